The SMILES string of the molecule is CCCc1cc(-c2cccn3nc(NC(=O)C4CC4)nc23)ccc1OCc1ncon1. The number of nitrogens with zero attached hydrogens (tertiary/aromatic N) is 5. The van der Waals surface area contributed by atoms with Crippen LogP contribution in [0, 0.1) is 5.92 Å². The van der Waals surface area contributed by atoms with Crippen molar-refractivity contribution in [3.63, 3.8) is 0 Å². The van der Waals surface area contributed by atoms with Gasteiger partial charge in [-0.05, 0) is 54.7 Å². The number of aryl methyl sites for hydroxylation is 1. The summed E-state index contributed by atoms with van der Waals surface area (Å²) < 4.78 is 12.4. The van der Waals surface area contributed by atoms with Crippen molar-refractivity contribution in [2.24, 2.45) is 5.92 Å². The van der Waals surface area contributed by atoms with Gasteiger partial charge >= 0.3 is 0 Å². The second-order valence-electron chi connectivity index (χ2n) is 7.60. The summed E-state index contributed by atoms with van der Waals surface area (Å²) in [6.07, 6.45) is 6.84. The first-order valence-corrected chi connectivity index (χ1v) is 10.4. The monoisotopic (exact) mass is 418 g/mol. The van der Waals surface area contributed by atoms with E-state index in [1.54, 1.807) is 4.52 Å². The molecule has 3 aromatic heterocycles. The maximum atomic E-state index is 12.1. The Morgan fingerprint density at radius 2 is 2.23 bits per heavy atom. The highest BCUT2D eigenvalue weighted by atomic mass is 16.5. The summed E-state index contributed by atoms with van der Waals surface area (Å²) in [5.74, 6) is 1.72. The fraction of sp³-hybridized carbons (Fsp3) is 0.318. The largest absolute Gasteiger partial charge is 0.485 e. The number of hydrogen-bond donors (Lipinski definition) is 1. The van der Waals surface area contributed by atoms with E-state index in [1.807, 2.05) is 30.5 Å². The average Bonchev–Trinajstić information content (AvgIpc) is 3.34. The van der Waals surface area contributed by atoms with Gasteiger partial charge in [-0.1, -0.05) is 24.6 Å². The number of carbonyl (C=O) groups excluding carboxylic acids is 1. The zero-order chi connectivity index (χ0) is 21.2. The Morgan fingerprint density at radius 3 is 3.00 bits per heavy atom. The van der Waals surface area contributed by atoms with Crippen LogP contribution in [0.25, 0.3) is 16.8 Å². The molecule has 0 bridgehead atoms. The van der Waals surface area contributed by atoms with Crippen molar-refractivity contribution in [2.45, 2.75) is 39.2 Å². The van der Waals surface area contributed by atoms with Crippen molar-refractivity contribution in [1.82, 2.24) is 24.7 Å². The van der Waals surface area contributed by atoms with Gasteiger partial charge in [-0.25, -0.2) is 4.52 Å². The molecule has 0 aliphatic heterocycles. The Hall–Kier alpha value is -3.75. The van der Waals surface area contributed by atoms with Gasteiger partial charge in [-0.15, -0.1) is 5.10 Å². The summed E-state index contributed by atoms with van der Waals surface area (Å²) in [7, 11) is 0. The van der Waals surface area contributed by atoms with E-state index >= 15 is 0 Å². The molecule has 158 valence electrons. The number of pyridine rings is 1. The van der Waals surface area contributed by atoms with Crippen LogP contribution in [0.3, 0.4) is 0 Å². The van der Waals surface area contributed by atoms with Crippen molar-refractivity contribution < 1.29 is 14.1 Å². The molecule has 3 heterocycles. The van der Waals surface area contributed by atoms with Crippen molar-refractivity contribution in [3.8, 4) is 16.9 Å². The van der Waals surface area contributed by atoms with Crippen LogP contribution in [0.5, 0.6) is 5.75 Å². The number of nitrogens with one attached hydrogen (secondary N) is 1. The number of ether oxygens (including phenoxy) is 1. The van der Waals surface area contributed by atoms with Gasteiger partial charge in [0.25, 0.3) is 0 Å². The van der Waals surface area contributed by atoms with E-state index in [0.29, 0.717) is 17.4 Å². The van der Waals surface area contributed by atoms with Gasteiger partial charge in [0.1, 0.15) is 5.75 Å². The van der Waals surface area contributed by atoms with E-state index in [9.17, 15) is 4.79 Å². The van der Waals surface area contributed by atoms with Crippen molar-refractivity contribution in [2.75, 3.05) is 5.32 Å². The lowest BCUT2D eigenvalue weighted by Crippen LogP contribution is -2.14. The van der Waals surface area contributed by atoms with E-state index in [0.717, 1.165) is 48.1 Å². The molecule has 4 aromatic rings. The van der Waals surface area contributed by atoms with Crippen molar-refractivity contribution in [3.05, 3.63) is 54.3 Å². The lowest BCUT2D eigenvalue weighted by Gasteiger charge is -2.12. The smallest absolute Gasteiger partial charge is 0.249 e. The van der Waals surface area contributed by atoms with Crippen molar-refractivity contribution >= 4 is 17.5 Å². The predicted molar refractivity (Wildman–Crippen MR) is 112 cm³/mol. The second kappa shape index (κ2) is 8.17. The van der Waals surface area contributed by atoms with Crippen LogP contribution in [0.1, 0.15) is 37.6 Å². The number of fused-ring (bicyclic) bond motifs is 1. The molecule has 0 radical (unpaired) electrons. The average molecular weight is 418 g/mol. The normalized spacial score (nSPS) is 13.5. The minimum Gasteiger partial charge on any atom is -0.485 e. The third-order valence-corrected chi connectivity index (χ3v) is 5.20. The van der Waals surface area contributed by atoms with Crippen LogP contribution in [0.4, 0.5) is 5.95 Å². The molecule has 5 rings (SSSR count). The third-order valence-electron chi connectivity index (χ3n) is 5.20. The molecule has 0 saturated heterocycles. The summed E-state index contributed by atoms with van der Waals surface area (Å²) >= 11 is 0. The Balaban J connectivity index is 1.44. The van der Waals surface area contributed by atoms with Gasteiger partial charge < -0.3 is 9.26 Å². The molecule has 1 N–H and O–H groups in total. The topological polar surface area (TPSA) is 107 Å². The Morgan fingerprint density at radius 1 is 1.32 bits per heavy atom. The Kier molecular flexibility index (Phi) is 5.07. The fourth-order valence-corrected chi connectivity index (χ4v) is 3.49. The van der Waals surface area contributed by atoms with E-state index in [1.165, 1.54) is 6.39 Å². The molecule has 1 aromatic carbocycles. The highest BCUT2D eigenvalue weighted by Crippen LogP contribution is 2.32. The summed E-state index contributed by atoms with van der Waals surface area (Å²) in [6.45, 7) is 2.38. The molecule has 0 spiro atoms. The Bertz CT molecular complexity index is 1210. The number of hydrogen-bond acceptors (Lipinski definition) is 7. The van der Waals surface area contributed by atoms with Gasteiger partial charge in [-0.2, -0.15) is 9.97 Å². The van der Waals surface area contributed by atoms with Gasteiger partial charge in [0.2, 0.25) is 24.1 Å². The zero-order valence-corrected chi connectivity index (χ0v) is 17.1. The highest BCUT2D eigenvalue weighted by Gasteiger charge is 2.30. The minimum atomic E-state index is -0.00853. The fourth-order valence-electron chi connectivity index (χ4n) is 3.49. The van der Waals surface area contributed by atoms with Crippen molar-refractivity contribution in [1.29, 1.82) is 0 Å². The quantitative estimate of drug-likeness (QED) is 0.465. The molecule has 1 aliphatic carbocycles. The van der Waals surface area contributed by atoms with Crippen LogP contribution in [-0.4, -0.2) is 30.6 Å². The number of carbonyl (C=O) groups is 1. The maximum absolute atomic E-state index is 12.1. The molecule has 31 heavy (non-hydrogen) atoms. The predicted octanol–water partition coefficient (Wildman–Crippen LogP) is 3.66. The molecule has 0 unspecified atom stereocenters. The molecule has 9 heteroatoms. The molecule has 9 nitrogen and oxygen atoms in total. The first kappa shape index (κ1) is 19.2. The first-order valence-electron chi connectivity index (χ1n) is 10.4. The Labute approximate surface area is 178 Å². The summed E-state index contributed by atoms with van der Waals surface area (Å²) in [5.41, 5.74) is 3.72. The minimum absolute atomic E-state index is 0.00853. The lowest BCUT2D eigenvalue weighted by molar-refractivity contribution is -0.117. The van der Waals surface area contributed by atoms with Crippen LogP contribution in [-0.2, 0) is 17.8 Å². The lowest BCUT2D eigenvalue weighted by atomic mass is 10.0. The maximum Gasteiger partial charge on any atom is 0.249 e. The number of anilines is 1. The first-order chi connectivity index (χ1) is 15.2. The van der Waals surface area contributed by atoms with Crippen LogP contribution in [0.2, 0.25) is 0 Å². The molecule has 1 amide bonds. The zero-order valence-electron chi connectivity index (χ0n) is 17.1. The number of rotatable bonds is 8. The van der Waals surface area contributed by atoms with E-state index in [-0.39, 0.29) is 18.4 Å². The number of aromatic nitrogens is 5. The second-order valence-corrected chi connectivity index (χ2v) is 7.60. The summed E-state index contributed by atoms with van der Waals surface area (Å²) in [5, 5.41) is 11.0. The van der Waals surface area contributed by atoms with Gasteiger partial charge in [-0.3, -0.25) is 10.1 Å². The van der Waals surface area contributed by atoms with E-state index in [4.69, 9.17) is 9.26 Å². The molecule has 0 atom stereocenters. The summed E-state index contributed by atoms with van der Waals surface area (Å²) in [6, 6.07) is 9.99. The van der Waals surface area contributed by atoms with E-state index in [2.05, 4.69) is 38.5 Å². The van der Waals surface area contributed by atoms with Gasteiger partial charge in [0, 0.05) is 17.7 Å². The third kappa shape index (κ3) is 4.11. The van der Waals surface area contributed by atoms with E-state index < -0.39 is 0 Å². The van der Waals surface area contributed by atoms with Gasteiger partial charge in [0.15, 0.2) is 12.3 Å². The number of amides is 1. The number of benzene rings is 1. The standard InChI is InChI=1S/C22H22N6O3/c1-2-4-16-11-15(8-9-18(16)30-12-19-23-13-31-27-19)17-5-3-10-28-20(17)24-22(26-28)25-21(29)14-6-7-14/h3,5,8-11,13-14H,2,4,6-7,12H2,1H3,(H,25,26,29). The molecular formula is C22H22N6O3. The van der Waals surface area contributed by atoms with Crippen LogP contribution >= 0.6 is 0 Å². The molecule has 1 fully saturated rings. The van der Waals surface area contributed by atoms with Crippen LogP contribution in [0.15, 0.2) is 47.4 Å². The molecule has 1 saturated carbocycles. The summed E-state index contributed by atoms with van der Waals surface area (Å²) in [4.78, 5) is 20.6. The molecular weight excluding hydrogens is 396 g/mol. The van der Waals surface area contributed by atoms with Crippen LogP contribution < -0.4 is 10.1 Å². The van der Waals surface area contributed by atoms with Gasteiger partial charge in [0.05, 0.1) is 0 Å². The molecule has 1 aliphatic rings. The highest BCUT2D eigenvalue weighted by molar-refractivity contribution is 5.93.